The topological polar surface area (TPSA) is 58.6 Å². The molecular formula is C24H27F4NO3. The van der Waals surface area contributed by atoms with Crippen LogP contribution >= 0.6 is 0 Å². The number of ether oxygens (including phenoxy) is 1. The molecule has 2 N–H and O–H groups in total. The largest absolute Gasteiger partial charge is 0.494 e. The van der Waals surface area contributed by atoms with Crippen molar-refractivity contribution in [2.45, 2.75) is 63.2 Å². The molecule has 3 rings (SSSR count). The van der Waals surface area contributed by atoms with Crippen molar-refractivity contribution in [2.75, 3.05) is 7.11 Å². The van der Waals surface area contributed by atoms with E-state index in [9.17, 15) is 22.4 Å². The molecule has 0 bridgehead atoms. The Bertz CT molecular complexity index is 961. The predicted molar refractivity (Wildman–Crippen MR) is 112 cm³/mol. The Morgan fingerprint density at radius 1 is 1.22 bits per heavy atom. The summed E-state index contributed by atoms with van der Waals surface area (Å²) in [4.78, 5) is 10.8. The molecule has 0 heterocycles. The van der Waals surface area contributed by atoms with E-state index >= 15 is 0 Å². The first-order valence-corrected chi connectivity index (χ1v) is 10.6. The molecule has 0 amide bonds. The van der Waals surface area contributed by atoms with Gasteiger partial charge in [0.1, 0.15) is 0 Å². The summed E-state index contributed by atoms with van der Waals surface area (Å²) in [7, 11) is 1.41. The molecular weight excluding hydrogens is 426 g/mol. The highest BCUT2D eigenvalue weighted by molar-refractivity contribution is 5.67. The van der Waals surface area contributed by atoms with E-state index in [2.05, 4.69) is 5.32 Å². The van der Waals surface area contributed by atoms with Crippen molar-refractivity contribution in [3.05, 3.63) is 64.5 Å². The zero-order valence-corrected chi connectivity index (χ0v) is 18.0. The van der Waals surface area contributed by atoms with E-state index in [-0.39, 0.29) is 42.2 Å². The summed E-state index contributed by atoms with van der Waals surface area (Å²) in [5.41, 5.74) is 0.750. The molecule has 2 aromatic rings. The number of aliphatic carboxylic acids is 1. The number of carboxylic acids is 1. The molecule has 0 saturated heterocycles. The lowest BCUT2D eigenvalue weighted by molar-refractivity contribution is -0.140. The van der Waals surface area contributed by atoms with Gasteiger partial charge in [0.05, 0.1) is 12.7 Å². The second-order valence-electron chi connectivity index (χ2n) is 8.30. The Morgan fingerprint density at radius 2 is 1.97 bits per heavy atom. The van der Waals surface area contributed by atoms with Crippen molar-refractivity contribution in [3.8, 4) is 5.75 Å². The molecule has 2 aromatic carbocycles. The highest BCUT2D eigenvalue weighted by atomic mass is 19.4. The zero-order valence-electron chi connectivity index (χ0n) is 18.0. The van der Waals surface area contributed by atoms with Crippen LogP contribution in [0.3, 0.4) is 0 Å². The first-order chi connectivity index (χ1) is 15.1. The molecule has 1 unspecified atom stereocenters. The van der Waals surface area contributed by atoms with Crippen molar-refractivity contribution in [3.63, 3.8) is 0 Å². The lowest BCUT2D eigenvalue weighted by Gasteiger charge is -2.21. The normalized spacial score (nSPS) is 19.7. The van der Waals surface area contributed by atoms with Crippen LogP contribution in [0.5, 0.6) is 5.75 Å². The van der Waals surface area contributed by atoms with Crippen LogP contribution in [0.2, 0.25) is 0 Å². The Morgan fingerprint density at radius 3 is 2.62 bits per heavy atom. The van der Waals surface area contributed by atoms with Gasteiger partial charge in [0.25, 0.3) is 0 Å². The average Bonchev–Trinajstić information content (AvgIpc) is 3.20. The van der Waals surface area contributed by atoms with E-state index in [4.69, 9.17) is 9.84 Å². The van der Waals surface area contributed by atoms with Crippen molar-refractivity contribution in [1.82, 2.24) is 5.32 Å². The fraction of sp³-hybridized carbons (Fsp3) is 0.458. The van der Waals surface area contributed by atoms with E-state index < -0.39 is 23.5 Å². The summed E-state index contributed by atoms with van der Waals surface area (Å²) in [5, 5.41) is 12.3. The van der Waals surface area contributed by atoms with E-state index in [1.165, 1.54) is 25.3 Å². The summed E-state index contributed by atoms with van der Waals surface area (Å²) in [5.74, 6) is -1.41. The second kappa shape index (κ2) is 9.90. The number of benzene rings is 2. The predicted octanol–water partition coefficient (Wildman–Crippen LogP) is 5.86. The van der Waals surface area contributed by atoms with Crippen LogP contribution in [0, 0.1) is 5.82 Å². The SMILES string of the molecule is COc1cc([C@@H](C)NC2CC[C@@H](c3ccc(CCC(=O)O)c(C(F)(F)F)c3)C2)ccc1F. The molecule has 0 aromatic heterocycles. The Kier molecular flexibility index (Phi) is 7.44. The van der Waals surface area contributed by atoms with Crippen LogP contribution in [0.1, 0.15) is 66.8 Å². The number of alkyl halides is 3. The van der Waals surface area contributed by atoms with Crippen LogP contribution in [0.25, 0.3) is 0 Å². The maximum atomic E-state index is 13.7. The van der Waals surface area contributed by atoms with Gasteiger partial charge < -0.3 is 15.2 Å². The fourth-order valence-electron chi connectivity index (χ4n) is 4.40. The van der Waals surface area contributed by atoms with Gasteiger partial charge in [-0.3, -0.25) is 4.79 Å². The number of carboxylic acid groups (broad SMARTS) is 1. The highest BCUT2D eigenvalue weighted by Gasteiger charge is 2.35. The van der Waals surface area contributed by atoms with Gasteiger partial charge >= 0.3 is 12.1 Å². The van der Waals surface area contributed by atoms with Crippen molar-refractivity contribution < 1.29 is 32.2 Å². The maximum absolute atomic E-state index is 13.7. The van der Waals surface area contributed by atoms with Gasteiger partial charge in [-0.05, 0) is 73.4 Å². The van der Waals surface area contributed by atoms with Crippen molar-refractivity contribution >= 4 is 5.97 Å². The Hall–Kier alpha value is -2.61. The minimum atomic E-state index is -4.53. The smallest absolute Gasteiger partial charge is 0.416 e. The Labute approximate surface area is 184 Å². The van der Waals surface area contributed by atoms with E-state index in [1.54, 1.807) is 18.2 Å². The molecule has 1 fully saturated rings. The molecule has 1 aliphatic carbocycles. The van der Waals surface area contributed by atoms with Crippen LogP contribution < -0.4 is 10.1 Å². The molecule has 0 aliphatic heterocycles. The average molecular weight is 453 g/mol. The number of rotatable bonds is 8. The number of halogens is 4. The van der Waals surface area contributed by atoms with Crippen LogP contribution in [-0.4, -0.2) is 24.2 Å². The number of carbonyl (C=O) groups is 1. The van der Waals surface area contributed by atoms with E-state index in [0.29, 0.717) is 12.0 Å². The number of aryl methyl sites for hydroxylation is 1. The van der Waals surface area contributed by atoms with Gasteiger partial charge in [0, 0.05) is 18.5 Å². The number of nitrogens with one attached hydrogen (secondary N) is 1. The van der Waals surface area contributed by atoms with Crippen LogP contribution in [0.15, 0.2) is 36.4 Å². The number of hydrogen-bond acceptors (Lipinski definition) is 3. The van der Waals surface area contributed by atoms with Crippen LogP contribution in [-0.2, 0) is 17.4 Å². The summed E-state index contributed by atoms with van der Waals surface area (Å²) in [6, 6.07) is 9.01. The number of hydrogen-bond donors (Lipinski definition) is 2. The third-order valence-corrected chi connectivity index (χ3v) is 6.11. The maximum Gasteiger partial charge on any atom is 0.416 e. The third-order valence-electron chi connectivity index (χ3n) is 6.11. The van der Waals surface area contributed by atoms with Gasteiger partial charge in [0.2, 0.25) is 0 Å². The molecule has 0 radical (unpaired) electrons. The fourth-order valence-corrected chi connectivity index (χ4v) is 4.40. The summed E-state index contributed by atoms with van der Waals surface area (Å²) in [6.45, 7) is 1.96. The monoisotopic (exact) mass is 453 g/mol. The van der Waals surface area contributed by atoms with Gasteiger partial charge in [-0.2, -0.15) is 13.2 Å². The Balaban J connectivity index is 1.69. The van der Waals surface area contributed by atoms with Gasteiger partial charge in [-0.25, -0.2) is 4.39 Å². The van der Waals surface area contributed by atoms with E-state index in [1.807, 2.05) is 6.92 Å². The van der Waals surface area contributed by atoms with Crippen molar-refractivity contribution in [1.29, 1.82) is 0 Å². The molecule has 1 aliphatic rings. The zero-order chi connectivity index (χ0) is 23.5. The third kappa shape index (κ3) is 5.79. The molecule has 1 saturated carbocycles. The highest BCUT2D eigenvalue weighted by Crippen LogP contribution is 2.40. The first-order valence-electron chi connectivity index (χ1n) is 10.6. The number of methoxy groups -OCH3 is 1. The molecule has 3 atom stereocenters. The standard InChI is InChI=1S/C24H27F4NO3/c1-14(16-6-9-21(25)22(13-16)32-2)29-19-8-5-17(11-19)18-4-3-15(7-10-23(30)31)20(12-18)24(26,27)28/h3-4,6,9,12-14,17,19,29H,5,7-8,10-11H2,1-2H3,(H,30,31)/t14-,17-,19?/m1/s1. The lowest BCUT2D eigenvalue weighted by Crippen LogP contribution is -2.29. The first kappa shape index (κ1) is 24.0. The van der Waals surface area contributed by atoms with Gasteiger partial charge in [0.15, 0.2) is 11.6 Å². The van der Waals surface area contributed by atoms with Gasteiger partial charge in [-0.1, -0.05) is 18.2 Å². The molecule has 32 heavy (non-hydrogen) atoms. The molecule has 4 nitrogen and oxygen atoms in total. The summed E-state index contributed by atoms with van der Waals surface area (Å²) in [6.07, 6.45) is -2.77. The van der Waals surface area contributed by atoms with Crippen molar-refractivity contribution in [2.24, 2.45) is 0 Å². The lowest BCUT2D eigenvalue weighted by atomic mass is 9.92. The van der Waals surface area contributed by atoms with E-state index in [0.717, 1.165) is 18.4 Å². The van der Waals surface area contributed by atoms with Crippen LogP contribution in [0.4, 0.5) is 17.6 Å². The quantitative estimate of drug-likeness (QED) is 0.492. The molecule has 8 heteroatoms. The summed E-state index contributed by atoms with van der Waals surface area (Å²) >= 11 is 0. The minimum Gasteiger partial charge on any atom is -0.494 e. The summed E-state index contributed by atoms with van der Waals surface area (Å²) < 4.78 is 59.4. The van der Waals surface area contributed by atoms with Gasteiger partial charge in [-0.15, -0.1) is 0 Å². The molecule has 0 spiro atoms. The molecule has 174 valence electrons. The minimum absolute atomic E-state index is 0.00945. The second-order valence-corrected chi connectivity index (χ2v) is 8.30.